The van der Waals surface area contributed by atoms with Gasteiger partial charge in [-0.2, -0.15) is 0 Å². The van der Waals surface area contributed by atoms with Gasteiger partial charge < -0.3 is 0 Å². The Morgan fingerprint density at radius 3 is 2.14 bits per heavy atom. The third-order valence-electron chi connectivity index (χ3n) is 3.45. The van der Waals surface area contributed by atoms with Gasteiger partial charge in [0.05, 0.1) is 11.2 Å². The Bertz CT molecular complexity index is 720. The van der Waals surface area contributed by atoms with Gasteiger partial charge in [-0.25, -0.2) is 4.98 Å². The number of aryl methyl sites for hydroxylation is 3. The number of nitrogens with zero attached hydrogens (tertiary/aromatic N) is 1. The summed E-state index contributed by atoms with van der Waals surface area (Å²) in [7, 11) is 0. The second-order valence-corrected chi connectivity index (χ2v) is 7.09. The summed E-state index contributed by atoms with van der Waals surface area (Å²) in [6, 6.07) is 13.2. The van der Waals surface area contributed by atoms with Gasteiger partial charge in [-0.05, 0) is 56.2 Å². The number of thiazole rings is 1. The van der Waals surface area contributed by atoms with Crippen LogP contribution in [0, 0.1) is 20.8 Å². The van der Waals surface area contributed by atoms with Crippen LogP contribution in [0.3, 0.4) is 0 Å². The first kappa shape index (κ1) is 14.4. The Kier molecular flexibility index (Phi) is 4.13. The molecule has 2 aromatic carbocycles. The van der Waals surface area contributed by atoms with Gasteiger partial charge in [-0.3, -0.25) is 0 Å². The topological polar surface area (TPSA) is 12.9 Å². The van der Waals surface area contributed by atoms with Crippen LogP contribution < -0.4 is 0 Å². The van der Waals surface area contributed by atoms with E-state index >= 15 is 0 Å². The highest BCUT2D eigenvalue weighted by atomic mass is 32.2. The summed E-state index contributed by atoms with van der Waals surface area (Å²) in [5, 5.41) is 2.11. The van der Waals surface area contributed by atoms with Crippen molar-refractivity contribution in [2.75, 3.05) is 0 Å². The minimum absolute atomic E-state index is 1.09. The van der Waals surface area contributed by atoms with E-state index in [1.807, 2.05) is 17.3 Å². The second-order valence-electron chi connectivity index (χ2n) is 5.22. The Morgan fingerprint density at radius 2 is 1.57 bits per heavy atom. The Morgan fingerprint density at radius 1 is 0.905 bits per heavy atom. The van der Waals surface area contributed by atoms with E-state index in [9.17, 15) is 0 Å². The highest BCUT2D eigenvalue weighted by Crippen LogP contribution is 2.34. The van der Waals surface area contributed by atoms with Crippen molar-refractivity contribution in [3.8, 4) is 11.3 Å². The van der Waals surface area contributed by atoms with Crippen molar-refractivity contribution in [1.29, 1.82) is 0 Å². The molecule has 0 saturated heterocycles. The number of benzene rings is 2. The molecule has 21 heavy (non-hydrogen) atoms. The summed E-state index contributed by atoms with van der Waals surface area (Å²) in [5.74, 6) is 0. The zero-order chi connectivity index (χ0) is 14.8. The standard InChI is InChI=1S/C18H17NS2/c1-12-4-6-15(7-5-12)21-16-8-13(2)18(14(3)9-16)17-10-20-11-19-17/h4-11H,1-3H3. The molecule has 0 fully saturated rings. The van der Waals surface area contributed by atoms with E-state index < -0.39 is 0 Å². The monoisotopic (exact) mass is 311 g/mol. The summed E-state index contributed by atoms with van der Waals surface area (Å²) >= 11 is 3.46. The predicted molar refractivity (Wildman–Crippen MR) is 92.3 cm³/mol. The fourth-order valence-electron chi connectivity index (χ4n) is 2.47. The van der Waals surface area contributed by atoms with Crippen LogP contribution in [0.1, 0.15) is 16.7 Å². The predicted octanol–water partition coefficient (Wildman–Crippen LogP) is 5.89. The van der Waals surface area contributed by atoms with E-state index in [4.69, 9.17) is 0 Å². The summed E-state index contributed by atoms with van der Waals surface area (Å²) in [6.45, 7) is 6.45. The molecule has 1 heterocycles. The lowest BCUT2D eigenvalue weighted by molar-refractivity contribution is 1.26. The third kappa shape index (κ3) is 3.20. The van der Waals surface area contributed by atoms with E-state index in [2.05, 4.69) is 67.5 Å². The fraction of sp³-hybridized carbons (Fsp3) is 0.167. The maximum absolute atomic E-state index is 4.44. The van der Waals surface area contributed by atoms with Gasteiger partial charge in [0.1, 0.15) is 0 Å². The Labute approximate surface area is 134 Å². The highest BCUT2D eigenvalue weighted by molar-refractivity contribution is 7.99. The molecule has 0 bridgehead atoms. The van der Waals surface area contributed by atoms with Crippen molar-refractivity contribution in [2.24, 2.45) is 0 Å². The van der Waals surface area contributed by atoms with Gasteiger partial charge in [0.25, 0.3) is 0 Å². The molecule has 0 radical (unpaired) electrons. The fourth-order valence-corrected chi connectivity index (χ4v) is 4.02. The molecule has 0 atom stereocenters. The van der Waals surface area contributed by atoms with Gasteiger partial charge in [-0.15, -0.1) is 11.3 Å². The molecule has 0 N–H and O–H groups in total. The lowest BCUT2D eigenvalue weighted by atomic mass is 10.0. The van der Waals surface area contributed by atoms with Crippen molar-refractivity contribution >= 4 is 23.1 Å². The third-order valence-corrected chi connectivity index (χ3v) is 5.02. The summed E-state index contributed by atoms with van der Waals surface area (Å²) in [5.41, 5.74) is 8.12. The molecule has 3 heteroatoms. The normalized spacial score (nSPS) is 10.8. The zero-order valence-corrected chi connectivity index (χ0v) is 14.0. The number of rotatable bonds is 3. The van der Waals surface area contributed by atoms with Crippen LogP contribution in [-0.2, 0) is 0 Å². The first-order valence-electron chi connectivity index (χ1n) is 6.88. The zero-order valence-electron chi connectivity index (χ0n) is 12.4. The number of hydrogen-bond donors (Lipinski definition) is 0. The van der Waals surface area contributed by atoms with Crippen molar-refractivity contribution in [1.82, 2.24) is 4.98 Å². The summed E-state index contributed by atoms with van der Waals surface area (Å²) < 4.78 is 0. The molecule has 0 amide bonds. The van der Waals surface area contributed by atoms with Gasteiger partial charge >= 0.3 is 0 Å². The van der Waals surface area contributed by atoms with Crippen LogP contribution in [0.4, 0.5) is 0 Å². The van der Waals surface area contributed by atoms with Gasteiger partial charge in [-0.1, -0.05) is 29.5 Å². The molecule has 0 aliphatic carbocycles. The van der Waals surface area contributed by atoms with E-state index in [-0.39, 0.29) is 0 Å². The number of aromatic nitrogens is 1. The minimum Gasteiger partial charge on any atom is -0.245 e. The average Bonchev–Trinajstić information content (AvgIpc) is 2.94. The van der Waals surface area contributed by atoms with E-state index in [1.54, 1.807) is 11.3 Å². The largest absolute Gasteiger partial charge is 0.245 e. The highest BCUT2D eigenvalue weighted by Gasteiger charge is 2.10. The molecule has 1 aromatic heterocycles. The van der Waals surface area contributed by atoms with Gasteiger partial charge in [0.2, 0.25) is 0 Å². The van der Waals surface area contributed by atoms with Crippen LogP contribution in [0.2, 0.25) is 0 Å². The Hall–Kier alpha value is -1.58. The van der Waals surface area contributed by atoms with Gasteiger partial charge in [0.15, 0.2) is 0 Å². The molecule has 0 aliphatic heterocycles. The van der Waals surface area contributed by atoms with Gasteiger partial charge in [0, 0.05) is 20.7 Å². The van der Waals surface area contributed by atoms with Crippen molar-refractivity contribution in [2.45, 2.75) is 30.6 Å². The van der Waals surface area contributed by atoms with Crippen molar-refractivity contribution in [3.05, 3.63) is 64.0 Å². The second kappa shape index (κ2) is 6.04. The minimum atomic E-state index is 1.09. The molecule has 0 spiro atoms. The lowest BCUT2D eigenvalue weighted by Crippen LogP contribution is -1.89. The lowest BCUT2D eigenvalue weighted by Gasteiger charge is -2.11. The van der Waals surface area contributed by atoms with Crippen LogP contribution in [0.5, 0.6) is 0 Å². The molecular weight excluding hydrogens is 294 g/mol. The van der Waals surface area contributed by atoms with Crippen LogP contribution >= 0.6 is 23.1 Å². The van der Waals surface area contributed by atoms with E-state index in [1.165, 1.54) is 32.0 Å². The maximum Gasteiger partial charge on any atom is 0.0816 e. The first-order valence-corrected chi connectivity index (χ1v) is 8.64. The SMILES string of the molecule is Cc1ccc(Sc2cc(C)c(-c3cscn3)c(C)c2)cc1. The van der Waals surface area contributed by atoms with Crippen molar-refractivity contribution < 1.29 is 0 Å². The Balaban J connectivity index is 1.93. The average molecular weight is 311 g/mol. The van der Waals surface area contributed by atoms with E-state index in [0.717, 1.165) is 5.69 Å². The van der Waals surface area contributed by atoms with Crippen molar-refractivity contribution in [3.63, 3.8) is 0 Å². The smallest absolute Gasteiger partial charge is 0.0816 e. The van der Waals surface area contributed by atoms with Crippen LogP contribution in [0.25, 0.3) is 11.3 Å². The molecule has 0 aliphatic rings. The van der Waals surface area contributed by atoms with Crippen LogP contribution in [0.15, 0.2) is 57.1 Å². The molecule has 0 saturated carbocycles. The summed E-state index contributed by atoms with van der Waals surface area (Å²) in [6.07, 6.45) is 0. The van der Waals surface area contributed by atoms with Crippen LogP contribution in [-0.4, -0.2) is 4.98 Å². The molecular formula is C18H17NS2. The molecule has 3 aromatic rings. The maximum atomic E-state index is 4.44. The molecule has 106 valence electrons. The number of hydrogen-bond acceptors (Lipinski definition) is 3. The summed E-state index contributed by atoms with van der Waals surface area (Å²) in [4.78, 5) is 7.01. The quantitative estimate of drug-likeness (QED) is 0.598. The molecule has 0 unspecified atom stereocenters. The molecule has 3 rings (SSSR count). The molecule has 1 nitrogen and oxygen atoms in total. The van der Waals surface area contributed by atoms with E-state index in [0.29, 0.717) is 0 Å². The first-order chi connectivity index (χ1) is 10.1.